The molecule has 0 aliphatic carbocycles. The van der Waals surface area contributed by atoms with Crippen molar-refractivity contribution in [2.45, 2.75) is 52.3 Å². The minimum Gasteiger partial charge on any atom is -0.456 e. The van der Waals surface area contributed by atoms with Gasteiger partial charge in [-0.3, -0.25) is 9.59 Å². The van der Waals surface area contributed by atoms with E-state index in [2.05, 4.69) is 6.07 Å². The molecule has 3 aromatic rings. The highest BCUT2D eigenvalue weighted by Gasteiger charge is 2.30. The molecule has 6 nitrogen and oxygen atoms in total. The molecule has 3 heterocycles. The Morgan fingerprint density at radius 3 is 2.72 bits per heavy atom. The van der Waals surface area contributed by atoms with Gasteiger partial charge in [0.25, 0.3) is 5.56 Å². The van der Waals surface area contributed by atoms with E-state index in [1.54, 1.807) is 25.3 Å². The number of esters is 1. The first kappa shape index (κ1) is 19.3. The fourth-order valence-electron chi connectivity index (χ4n) is 3.78. The van der Waals surface area contributed by atoms with Gasteiger partial charge in [-0.1, -0.05) is 25.1 Å². The number of nitrogens with zero attached hydrogens (tertiary/aromatic N) is 2. The fourth-order valence-corrected chi connectivity index (χ4v) is 3.78. The van der Waals surface area contributed by atoms with Crippen molar-refractivity contribution in [3.63, 3.8) is 0 Å². The van der Waals surface area contributed by atoms with E-state index < -0.39 is 17.6 Å². The van der Waals surface area contributed by atoms with Gasteiger partial charge in [-0.15, -0.1) is 0 Å². The molecule has 150 valence electrons. The Balaban J connectivity index is 1.84. The van der Waals surface area contributed by atoms with Gasteiger partial charge in [0.15, 0.2) is 0 Å². The predicted molar refractivity (Wildman–Crippen MR) is 113 cm³/mol. The van der Waals surface area contributed by atoms with Crippen molar-refractivity contribution >= 4 is 16.9 Å². The standard InChI is InChI=1S/C23H25N3O3/c1-5-19(29-22(28)23(3,4)24)16-11-18-20-15(12-26(18)21(27)13(16)2)10-14-8-6-7-9-17(14)25-20/h6-11,19H,5,12,24H2,1-4H3. The zero-order valence-corrected chi connectivity index (χ0v) is 17.2. The van der Waals surface area contributed by atoms with Crippen LogP contribution in [0.1, 0.15) is 50.0 Å². The molecular formula is C23H25N3O3. The molecule has 2 N–H and O–H groups in total. The van der Waals surface area contributed by atoms with Crippen LogP contribution in [0.25, 0.3) is 22.3 Å². The van der Waals surface area contributed by atoms with E-state index in [1.165, 1.54) is 0 Å². The highest BCUT2D eigenvalue weighted by Crippen LogP contribution is 2.35. The zero-order valence-electron chi connectivity index (χ0n) is 17.2. The normalized spacial score (nSPS) is 13.8. The first-order valence-corrected chi connectivity index (χ1v) is 9.84. The molecule has 0 amide bonds. The van der Waals surface area contributed by atoms with Crippen molar-refractivity contribution in [1.82, 2.24) is 9.55 Å². The Morgan fingerprint density at radius 2 is 2.03 bits per heavy atom. The van der Waals surface area contributed by atoms with E-state index in [0.717, 1.165) is 27.9 Å². The summed E-state index contributed by atoms with van der Waals surface area (Å²) in [5.41, 5.74) is 9.48. The minimum absolute atomic E-state index is 0.0823. The van der Waals surface area contributed by atoms with Crippen LogP contribution >= 0.6 is 0 Å². The third kappa shape index (κ3) is 3.23. The van der Waals surface area contributed by atoms with Gasteiger partial charge in [0, 0.05) is 22.1 Å². The second-order valence-electron chi connectivity index (χ2n) is 8.21. The van der Waals surface area contributed by atoms with Crippen LogP contribution in [0.4, 0.5) is 0 Å². The Morgan fingerprint density at radius 1 is 1.31 bits per heavy atom. The number of carbonyl (C=O) groups is 1. The molecule has 1 aromatic carbocycles. The van der Waals surface area contributed by atoms with Gasteiger partial charge >= 0.3 is 5.97 Å². The van der Waals surface area contributed by atoms with E-state index >= 15 is 0 Å². The number of carbonyl (C=O) groups excluding carboxylic acids is 1. The molecule has 4 rings (SSSR count). The van der Waals surface area contributed by atoms with Crippen molar-refractivity contribution in [2.24, 2.45) is 5.73 Å². The molecule has 0 saturated heterocycles. The maximum absolute atomic E-state index is 13.1. The molecule has 1 unspecified atom stereocenters. The molecule has 0 saturated carbocycles. The average molecular weight is 391 g/mol. The minimum atomic E-state index is -1.10. The molecule has 0 fully saturated rings. The Kier molecular flexibility index (Phi) is 4.54. The zero-order chi connectivity index (χ0) is 20.9. The highest BCUT2D eigenvalue weighted by atomic mass is 16.5. The van der Waals surface area contributed by atoms with Gasteiger partial charge in [-0.25, -0.2) is 4.98 Å². The Labute approximate surface area is 169 Å². The van der Waals surface area contributed by atoms with Crippen LogP contribution in [0.15, 0.2) is 41.2 Å². The van der Waals surface area contributed by atoms with Gasteiger partial charge in [-0.2, -0.15) is 0 Å². The Bertz CT molecular complexity index is 1190. The number of pyridine rings is 2. The molecule has 0 bridgehead atoms. The number of benzene rings is 1. The third-order valence-electron chi connectivity index (χ3n) is 5.45. The number of rotatable bonds is 4. The largest absolute Gasteiger partial charge is 0.456 e. The van der Waals surface area contributed by atoms with Crippen LogP contribution < -0.4 is 11.3 Å². The number of nitrogens with two attached hydrogens (primary N) is 1. The summed E-state index contributed by atoms with van der Waals surface area (Å²) in [6.45, 7) is 7.41. The lowest BCUT2D eigenvalue weighted by Crippen LogP contribution is -2.43. The molecule has 0 radical (unpaired) electrons. The number of aromatic nitrogens is 2. The molecule has 1 aliphatic heterocycles. The summed E-state index contributed by atoms with van der Waals surface area (Å²) >= 11 is 0. The lowest BCUT2D eigenvalue weighted by molar-refractivity contribution is -0.155. The summed E-state index contributed by atoms with van der Waals surface area (Å²) in [4.78, 5) is 30.3. The monoisotopic (exact) mass is 391 g/mol. The summed E-state index contributed by atoms with van der Waals surface area (Å²) in [5, 5.41) is 1.05. The van der Waals surface area contributed by atoms with Gasteiger partial charge in [0.1, 0.15) is 11.6 Å². The second-order valence-corrected chi connectivity index (χ2v) is 8.21. The van der Waals surface area contributed by atoms with Crippen molar-refractivity contribution in [3.05, 3.63) is 63.4 Å². The molecule has 2 aromatic heterocycles. The van der Waals surface area contributed by atoms with Crippen LogP contribution in [0.3, 0.4) is 0 Å². The van der Waals surface area contributed by atoms with Crippen LogP contribution in [-0.4, -0.2) is 21.1 Å². The fraction of sp³-hybridized carbons (Fsp3) is 0.348. The van der Waals surface area contributed by atoms with E-state index in [4.69, 9.17) is 15.5 Å². The molecule has 29 heavy (non-hydrogen) atoms. The summed E-state index contributed by atoms with van der Waals surface area (Å²) in [6.07, 6.45) is 0.0113. The van der Waals surface area contributed by atoms with Gasteiger partial charge < -0.3 is 15.0 Å². The topological polar surface area (TPSA) is 87.2 Å². The lowest BCUT2D eigenvalue weighted by atomic mass is 10.0. The van der Waals surface area contributed by atoms with Crippen molar-refractivity contribution < 1.29 is 9.53 Å². The van der Waals surface area contributed by atoms with Crippen molar-refractivity contribution in [2.75, 3.05) is 0 Å². The lowest BCUT2D eigenvalue weighted by Gasteiger charge is -2.24. The van der Waals surface area contributed by atoms with Crippen LogP contribution in [0.2, 0.25) is 0 Å². The average Bonchev–Trinajstić information content (AvgIpc) is 3.04. The van der Waals surface area contributed by atoms with Gasteiger partial charge in [0.05, 0.1) is 23.4 Å². The maximum Gasteiger partial charge on any atom is 0.326 e. The number of fused-ring (bicyclic) bond motifs is 4. The molecular weight excluding hydrogens is 366 g/mol. The van der Waals surface area contributed by atoms with Crippen LogP contribution in [0, 0.1) is 6.92 Å². The highest BCUT2D eigenvalue weighted by molar-refractivity contribution is 5.84. The Hall–Kier alpha value is -2.99. The van der Waals surface area contributed by atoms with E-state index in [9.17, 15) is 9.59 Å². The van der Waals surface area contributed by atoms with Crippen LogP contribution in [-0.2, 0) is 16.1 Å². The summed E-state index contributed by atoms with van der Waals surface area (Å²) in [6, 6.07) is 11.9. The van der Waals surface area contributed by atoms with E-state index in [-0.39, 0.29) is 5.56 Å². The quantitative estimate of drug-likeness (QED) is 0.538. The molecule has 1 aliphatic rings. The molecule has 6 heteroatoms. The van der Waals surface area contributed by atoms with E-state index in [0.29, 0.717) is 24.1 Å². The first-order valence-electron chi connectivity index (χ1n) is 9.84. The molecule has 0 spiro atoms. The summed E-state index contributed by atoms with van der Waals surface area (Å²) in [7, 11) is 0. The van der Waals surface area contributed by atoms with Gasteiger partial charge in [-0.05, 0) is 45.4 Å². The number of hydrogen-bond donors (Lipinski definition) is 1. The number of hydrogen-bond acceptors (Lipinski definition) is 5. The second kappa shape index (κ2) is 6.81. The van der Waals surface area contributed by atoms with Crippen molar-refractivity contribution in [1.29, 1.82) is 0 Å². The van der Waals surface area contributed by atoms with Gasteiger partial charge in [0.2, 0.25) is 0 Å². The predicted octanol–water partition coefficient (Wildman–Crippen LogP) is 3.47. The maximum atomic E-state index is 13.1. The number of para-hydroxylation sites is 1. The summed E-state index contributed by atoms with van der Waals surface area (Å²) < 4.78 is 7.42. The summed E-state index contributed by atoms with van der Waals surface area (Å²) in [5.74, 6) is -0.492. The van der Waals surface area contributed by atoms with Crippen molar-refractivity contribution in [3.8, 4) is 11.4 Å². The van der Waals surface area contributed by atoms with E-state index in [1.807, 2.05) is 37.3 Å². The smallest absolute Gasteiger partial charge is 0.326 e. The SMILES string of the molecule is CCC(OC(=O)C(C)(C)N)c1cc2n(c(=O)c1C)Cc1cc3ccccc3nc1-2. The third-order valence-corrected chi connectivity index (χ3v) is 5.45. The number of ether oxygens (including phenoxy) is 1. The van der Waals surface area contributed by atoms with Crippen LogP contribution in [0.5, 0.6) is 0 Å². The first-order chi connectivity index (χ1) is 13.7. The molecule has 1 atom stereocenters.